The van der Waals surface area contributed by atoms with Crippen molar-refractivity contribution in [3.63, 3.8) is 0 Å². The number of halogens is 1. The highest BCUT2D eigenvalue weighted by Gasteiger charge is 1.99. The Morgan fingerprint density at radius 2 is 2.15 bits per heavy atom. The van der Waals surface area contributed by atoms with Crippen molar-refractivity contribution in [2.45, 2.75) is 20.3 Å². The van der Waals surface area contributed by atoms with Gasteiger partial charge in [-0.2, -0.15) is 0 Å². The van der Waals surface area contributed by atoms with Crippen LogP contribution in [-0.4, -0.2) is 24.7 Å². The maximum atomic E-state index is 6.10. The van der Waals surface area contributed by atoms with Gasteiger partial charge < -0.3 is 4.90 Å². The molecule has 76 valence electrons. The van der Waals surface area contributed by atoms with Crippen molar-refractivity contribution in [3.8, 4) is 0 Å². The van der Waals surface area contributed by atoms with Gasteiger partial charge in [-0.25, -0.2) is 0 Å². The van der Waals surface area contributed by atoms with E-state index in [1.807, 2.05) is 20.0 Å². The molecule has 0 amide bonds. The summed E-state index contributed by atoms with van der Waals surface area (Å²) in [5, 5.41) is 0.810. The molecule has 0 N–H and O–H groups in total. The van der Waals surface area contributed by atoms with E-state index >= 15 is 0 Å². The molecule has 0 atom stereocenters. The molecule has 0 radical (unpaired) electrons. The fraction of sp³-hybridized carbons (Fsp3) is 0.600. The highest BCUT2D eigenvalue weighted by atomic mass is 35.5. The Morgan fingerprint density at radius 1 is 1.54 bits per heavy atom. The van der Waals surface area contributed by atoms with E-state index in [4.69, 9.17) is 11.6 Å². The maximum Gasteiger partial charge on any atom is 0.105 e. The first-order valence-corrected chi connectivity index (χ1v) is 6.04. The first-order valence-electron chi connectivity index (χ1n) is 4.44. The van der Waals surface area contributed by atoms with Crippen LogP contribution in [0.1, 0.15) is 20.3 Å². The van der Waals surface area contributed by atoms with Gasteiger partial charge in [0, 0.05) is 18.5 Å². The average molecular weight is 220 g/mol. The smallest absolute Gasteiger partial charge is 0.105 e. The van der Waals surface area contributed by atoms with Crippen molar-refractivity contribution in [1.82, 2.24) is 4.90 Å². The third-order valence-electron chi connectivity index (χ3n) is 1.71. The van der Waals surface area contributed by atoms with Gasteiger partial charge in [-0.3, -0.25) is 0 Å². The van der Waals surface area contributed by atoms with Crippen LogP contribution in [0.5, 0.6) is 0 Å². The minimum Gasteiger partial charge on any atom is -0.365 e. The lowest BCUT2D eigenvalue weighted by Gasteiger charge is -2.16. The third-order valence-corrected chi connectivity index (χ3v) is 2.93. The van der Waals surface area contributed by atoms with E-state index in [9.17, 15) is 0 Å². The van der Waals surface area contributed by atoms with Gasteiger partial charge in [0.1, 0.15) is 5.16 Å². The lowest BCUT2D eigenvalue weighted by molar-refractivity contribution is 0.442. The van der Waals surface area contributed by atoms with Gasteiger partial charge in [0.25, 0.3) is 0 Å². The lowest BCUT2D eigenvalue weighted by Crippen LogP contribution is -2.15. The summed E-state index contributed by atoms with van der Waals surface area (Å²) in [5.74, 6) is 0. The third kappa shape index (κ3) is 5.27. The SMILES string of the molecule is C/C=C(\C=C(\Cl)N(C)CCC)SC. The van der Waals surface area contributed by atoms with E-state index in [2.05, 4.69) is 24.2 Å². The molecule has 0 aromatic rings. The Kier molecular flexibility index (Phi) is 7.29. The molecule has 0 bridgehead atoms. The van der Waals surface area contributed by atoms with Gasteiger partial charge in [0.15, 0.2) is 0 Å². The van der Waals surface area contributed by atoms with Crippen molar-refractivity contribution in [1.29, 1.82) is 0 Å². The minimum absolute atomic E-state index is 0.810. The van der Waals surface area contributed by atoms with E-state index in [1.54, 1.807) is 11.8 Å². The molecule has 1 nitrogen and oxygen atoms in total. The zero-order valence-corrected chi connectivity index (χ0v) is 10.4. The quantitative estimate of drug-likeness (QED) is 0.513. The molecule has 0 aromatic carbocycles. The normalized spacial score (nSPS) is 13.3. The van der Waals surface area contributed by atoms with Gasteiger partial charge in [0.2, 0.25) is 0 Å². The molecule has 0 unspecified atom stereocenters. The van der Waals surface area contributed by atoms with Crippen LogP contribution in [0.3, 0.4) is 0 Å². The summed E-state index contributed by atoms with van der Waals surface area (Å²) in [6.45, 7) is 5.17. The zero-order valence-electron chi connectivity index (χ0n) is 8.80. The average Bonchev–Trinajstić information content (AvgIpc) is 2.14. The second-order valence-corrected chi connectivity index (χ2v) is 4.05. The molecular weight excluding hydrogens is 202 g/mol. The van der Waals surface area contributed by atoms with Crippen LogP contribution >= 0.6 is 23.4 Å². The van der Waals surface area contributed by atoms with Crippen LogP contribution in [0.15, 0.2) is 22.2 Å². The molecule has 0 fully saturated rings. The predicted molar refractivity (Wildman–Crippen MR) is 64.1 cm³/mol. The monoisotopic (exact) mass is 219 g/mol. The van der Waals surface area contributed by atoms with Crippen LogP contribution in [0, 0.1) is 0 Å². The molecule has 0 aliphatic carbocycles. The molecule has 0 heterocycles. The summed E-state index contributed by atoms with van der Waals surface area (Å²) in [5.41, 5.74) is 0. The van der Waals surface area contributed by atoms with Crippen molar-refractivity contribution in [3.05, 3.63) is 22.2 Å². The summed E-state index contributed by atoms with van der Waals surface area (Å²) in [7, 11) is 2.01. The van der Waals surface area contributed by atoms with E-state index in [-0.39, 0.29) is 0 Å². The molecule has 0 saturated heterocycles. The fourth-order valence-corrected chi connectivity index (χ4v) is 1.66. The van der Waals surface area contributed by atoms with Crippen LogP contribution in [0.25, 0.3) is 0 Å². The van der Waals surface area contributed by atoms with E-state index in [0.717, 1.165) is 18.1 Å². The van der Waals surface area contributed by atoms with E-state index < -0.39 is 0 Å². The van der Waals surface area contributed by atoms with Gasteiger partial charge >= 0.3 is 0 Å². The molecule has 3 heteroatoms. The molecular formula is C10H18ClNS. The molecule has 0 aromatic heterocycles. The van der Waals surface area contributed by atoms with Gasteiger partial charge in [-0.15, -0.1) is 11.8 Å². The molecule has 0 aliphatic heterocycles. The van der Waals surface area contributed by atoms with Crippen LogP contribution in [-0.2, 0) is 0 Å². The van der Waals surface area contributed by atoms with E-state index in [0.29, 0.717) is 0 Å². The van der Waals surface area contributed by atoms with Crippen LogP contribution in [0.2, 0.25) is 0 Å². The highest BCUT2D eigenvalue weighted by Crippen LogP contribution is 2.18. The Hall–Kier alpha value is -0.0800. The summed E-state index contributed by atoms with van der Waals surface area (Å²) < 4.78 is 0. The van der Waals surface area contributed by atoms with Crippen LogP contribution < -0.4 is 0 Å². The van der Waals surface area contributed by atoms with E-state index in [1.165, 1.54) is 4.91 Å². The second kappa shape index (κ2) is 7.34. The van der Waals surface area contributed by atoms with Gasteiger partial charge in [0.05, 0.1) is 0 Å². The number of thioether (sulfide) groups is 1. The number of rotatable bonds is 5. The van der Waals surface area contributed by atoms with Crippen LogP contribution in [0.4, 0.5) is 0 Å². The summed E-state index contributed by atoms with van der Waals surface area (Å²) in [4.78, 5) is 3.26. The van der Waals surface area contributed by atoms with Crippen molar-refractivity contribution in [2.24, 2.45) is 0 Å². The fourth-order valence-electron chi connectivity index (χ4n) is 0.930. The molecule has 0 spiro atoms. The number of nitrogens with zero attached hydrogens (tertiary/aromatic N) is 1. The largest absolute Gasteiger partial charge is 0.365 e. The molecule has 0 rings (SSSR count). The number of hydrogen-bond acceptors (Lipinski definition) is 2. The topological polar surface area (TPSA) is 3.24 Å². The Bertz CT molecular complexity index is 199. The Balaban J connectivity index is 4.29. The van der Waals surface area contributed by atoms with Crippen molar-refractivity contribution < 1.29 is 0 Å². The Morgan fingerprint density at radius 3 is 2.54 bits per heavy atom. The first kappa shape index (κ1) is 12.9. The first-order chi connectivity index (χ1) is 6.15. The zero-order chi connectivity index (χ0) is 10.3. The number of allylic oxidation sites excluding steroid dienone is 2. The number of hydrogen-bond donors (Lipinski definition) is 0. The predicted octanol–water partition coefficient (Wildman–Crippen LogP) is 3.68. The lowest BCUT2D eigenvalue weighted by atomic mass is 10.4. The highest BCUT2D eigenvalue weighted by molar-refractivity contribution is 8.02. The molecule has 0 saturated carbocycles. The molecule has 0 aliphatic rings. The van der Waals surface area contributed by atoms with Gasteiger partial charge in [-0.1, -0.05) is 24.6 Å². The maximum absolute atomic E-state index is 6.10. The summed E-state index contributed by atoms with van der Waals surface area (Å²) >= 11 is 7.80. The van der Waals surface area contributed by atoms with Crippen molar-refractivity contribution >= 4 is 23.4 Å². The van der Waals surface area contributed by atoms with Gasteiger partial charge in [-0.05, 0) is 25.7 Å². The van der Waals surface area contributed by atoms with Crippen molar-refractivity contribution in [2.75, 3.05) is 19.8 Å². The minimum atomic E-state index is 0.810. The second-order valence-electron chi connectivity index (χ2n) is 2.78. The Labute approximate surface area is 90.8 Å². The molecule has 13 heavy (non-hydrogen) atoms. The summed E-state index contributed by atoms with van der Waals surface area (Å²) in [6.07, 6.45) is 7.23. The standard InChI is InChI=1S/C10H18ClNS/c1-5-7-12(3)10(11)8-9(6-2)13-4/h6,8H,5,7H2,1-4H3/b9-6+,10-8-. The summed E-state index contributed by atoms with van der Waals surface area (Å²) in [6, 6.07) is 0.